The molecule has 0 aromatic rings. The maximum Gasteiger partial charge on any atom is 0.303 e. The lowest BCUT2D eigenvalue weighted by Crippen LogP contribution is -2.60. The van der Waals surface area contributed by atoms with Gasteiger partial charge in [0.2, 0.25) is 5.78 Å². The van der Waals surface area contributed by atoms with E-state index in [4.69, 9.17) is 4.74 Å². The average Bonchev–Trinajstić information content (AvgIpc) is 2.95. The molecule has 160 valence electrons. The molecule has 0 amide bonds. The Hall–Kier alpha value is -1.53. The van der Waals surface area contributed by atoms with Crippen molar-refractivity contribution in [3.63, 3.8) is 0 Å². The molecule has 6 heteroatoms. The monoisotopic (exact) mass is 404 g/mol. The van der Waals surface area contributed by atoms with Gasteiger partial charge in [0.1, 0.15) is 6.61 Å². The lowest BCUT2D eigenvalue weighted by Gasteiger charge is -2.60. The second-order valence-electron chi connectivity index (χ2n) is 10.1. The molecule has 0 spiro atoms. The molecule has 6 nitrogen and oxygen atoms in total. The molecule has 7 atom stereocenters. The number of Topliss-reactive ketones (excluding diaryl/α,β-unsaturated/α-hetero) is 1. The van der Waals surface area contributed by atoms with Gasteiger partial charge >= 0.3 is 5.97 Å². The van der Waals surface area contributed by atoms with Gasteiger partial charge < -0.3 is 14.9 Å². The topological polar surface area (TPSA) is 101 Å². The van der Waals surface area contributed by atoms with Gasteiger partial charge in [0, 0.05) is 18.8 Å². The summed E-state index contributed by atoms with van der Waals surface area (Å²) in [6.45, 7) is 4.89. The van der Waals surface area contributed by atoms with E-state index in [0.29, 0.717) is 25.2 Å². The third-order valence-corrected chi connectivity index (χ3v) is 9.01. The number of ketones is 2. The van der Waals surface area contributed by atoms with Crippen molar-refractivity contribution in [1.29, 1.82) is 0 Å². The van der Waals surface area contributed by atoms with Crippen LogP contribution in [0.3, 0.4) is 0 Å². The smallest absolute Gasteiger partial charge is 0.303 e. The van der Waals surface area contributed by atoms with Crippen LogP contribution in [-0.2, 0) is 19.1 Å². The van der Waals surface area contributed by atoms with Crippen LogP contribution in [0, 0.1) is 28.6 Å². The highest BCUT2D eigenvalue weighted by Gasteiger charge is 2.69. The highest BCUT2D eigenvalue weighted by molar-refractivity contribution is 5.92. The number of ether oxygens (including phenoxy) is 1. The number of aliphatic hydroxyl groups is 2. The third kappa shape index (κ3) is 2.71. The zero-order valence-electron chi connectivity index (χ0n) is 17.6. The summed E-state index contributed by atoms with van der Waals surface area (Å²) in [6.07, 6.45) is 5.60. The Kier molecular flexibility index (Phi) is 4.82. The molecule has 0 unspecified atom stereocenters. The van der Waals surface area contributed by atoms with Gasteiger partial charge in [-0.2, -0.15) is 0 Å². The number of hydrogen-bond donors (Lipinski definition) is 2. The maximum absolute atomic E-state index is 12.9. The molecule has 0 aromatic heterocycles. The van der Waals surface area contributed by atoms with Gasteiger partial charge in [0.15, 0.2) is 11.4 Å². The molecule has 0 aliphatic heterocycles. The molecule has 3 fully saturated rings. The van der Waals surface area contributed by atoms with E-state index >= 15 is 0 Å². The van der Waals surface area contributed by atoms with Crippen LogP contribution < -0.4 is 0 Å². The minimum atomic E-state index is -1.28. The van der Waals surface area contributed by atoms with Crippen LogP contribution in [0.1, 0.15) is 65.7 Å². The minimum absolute atomic E-state index is 0.0962. The van der Waals surface area contributed by atoms with E-state index in [1.807, 2.05) is 6.92 Å². The van der Waals surface area contributed by atoms with E-state index in [0.717, 1.165) is 31.3 Å². The molecule has 3 saturated carbocycles. The first-order valence-electron chi connectivity index (χ1n) is 10.9. The zero-order chi connectivity index (χ0) is 21.2. The van der Waals surface area contributed by atoms with Crippen molar-refractivity contribution in [3.05, 3.63) is 11.6 Å². The van der Waals surface area contributed by atoms with Gasteiger partial charge in [-0.25, -0.2) is 0 Å². The Bertz CT molecular complexity index is 786. The fourth-order valence-corrected chi connectivity index (χ4v) is 7.66. The van der Waals surface area contributed by atoms with E-state index in [9.17, 15) is 24.6 Å². The predicted octanol–water partition coefficient (Wildman–Crippen LogP) is 2.35. The van der Waals surface area contributed by atoms with E-state index in [-0.39, 0.29) is 23.0 Å². The van der Waals surface area contributed by atoms with Gasteiger partial charge in [-0.3, -0.25) is 14.4 Å². The van der Waals surface area contributed by atoms with Crippen molar-refractivity contribution < 1.29 is 29.3 Å². The molecule has 4 rings (SSSR count). The molecule has 29 heavy (non-hydrogen) atoms. The fourth-order valence-electron chi connectivity index (χ4n) is 7.66. The summed E-state index contributed by atoms with van der Waals surface area (Å²) >= 11 is 0. The normalized spacial score (nSPS) is 46.2. The second-order valence-corrected chi connectivity index (χ2v) is 10.1. The van der Waals surface area contributed by atoms with Crippen LogP contribution >= 0.6 is 0 Å². The van der Waals surface area contributed by atoms with Gasteiger partial charge in [-0.05, 0) is 73.3 Å². The predicted molar refractivity (Wildman–Crippen MR) is 105 cm³/mol. The molecule has 4 aliphatic carbocycles. The van der Waals surface area contributed by atoms with Crippen molar-refractivity contribution in [1.82, 2.24) is 0 Å². The Morgan fingerprint density at radius 1 is 1.17 bits per heavy atom. The van der Waals surface area contributed by atoms with Crippen LogP contribution in [-0.4, -0.2) is 46.1 Å². The zero-order valence-corrected chi connectivity index (χ0v) is 17.6. The molecular weight excluding hydrogens is 372 g/mol. The quantitative estimate of drug-likeness (QED) is 0.701. The summed E-state index contributed by atoms with van der Waals surface area (Å²) in [7, 11) is 0. The highest BCUT2D eigenvalue weighted by atomic mass is 16.6. The molecule has 0 radical (unpaired) electrons. The Morgan fingerprint density at radius 3 is 2.52 bits per heavy atom. The van der Waals surface area contributed by atoms with E-state index < -0.39 is 35.5 Å². The molecule has 4 aliphatic rings. The minimum Gasteiger partial charge on any atom is -0.451 e. The Morgan fingerprint density at radius 2 is 1.86 bits per heavy atom. The fraction of sp³-hybridized carbons (Fsp3) is 0.783. The summed E-state index contributed by atoms with van der Waals surface area (Å²) < 4.78 is 5.71. The van der Waals surface area contributed by atoms with Crippen molar-refractivity contribution in [3.8, 4) is 0 Å². The maximum atomic E-state index is 12.9. The number of hydrogen-bond acceptors (Lipinski definition) is 6. The lowest BCUT2D eigenvalue weighted by atomic mass is 9.45. The number of fused-ring (bicyclic) bond motifs is 5. The molecule has 0 bridgehead atoms. The highest BCUT2D eigenvalue weighted by Crippen LogP contribution is 2.68. The van der Waals surface area contributed by atoms with Crippen LogP contribution in [0.15, 0.2) is 11.6 Å². The van der Waals surface area contributed by atoms with Crippen molar-refractivity contribution in [2.45, 2.75) is 77.4 Å². The van der Waals surface area contributed by atoms with E-state index in [1.54, 1.807) is 6.08 Å². The molecule has 0 heterocycles. The number of aliphatic hydroxyl groups excluding tert-OH is 2. The first kappa shape index (κ1) is 20.7. The second kappa shape index (κ2) is 6.74. The summed E-state index contributed by atoms with van der Waals surface area (Å²) in [6, 6.07) is 0. The Balaban J connectivity index is 1.74. The van der Waals surface area contributed by atoms with Gasteiger partial charge in [0.25, 0.3) is 0 Å². The molecule has 0 aromatic carbocycles. The summed E-state index contributed by atoms with van der Waals surface area (Å²) in [4.78, 5) is 36.8. The standard InChI is InChI=1S/C23H32O6/c1-13(25)29-23(20(28)12-24)9-6-17-15-11-19(27)18-10-14(26)4-7-21(18,2)16(15)5-8-22(17,23)3/h10,15-17,19,24,27H,4-9,11-12H2,1-3H3/t15-,16+,17+,19-,21-,22+,23+/m1/s1. The summed E-state index contributed by atoms with van der Waals surface area (Å²) in [5, 5.41) is 20.6. The number of carbonyl (C=O) groups excluding carboxylic acids is 3. The van der Waals surface area contributed by atoms with Crippen molar-refractivity contribution in [2.75, 3.05) is 6.61 Å². The van der Waals surface area contributed by atoms with Gasteiger partial charge in [0.05, 0.1) is 6.10 Å². The van der Waals surface area contributed by atoms with E-state index in [2.05, 4.69) is 6.92 Å². The van der Waals surface area contributed by atoms with Crippen LogP contribution in [0.5, 0.6) is 0 Å². The molecule has 2 N–H and O–H groups in total. The largest absolute Gasteiger partial charge is 0.451 e. The molecular formula is C23H32O6. The first-order chi connectivity index (χ1) is 13.6. The summed E-state index contributed by atoms with van der Waals surface area (Å²) in [5.74, 6) is -0.158. The van der Waals surface area contributed by atoms with Crippen LogP contribution in [0.2, 0.25) is 0 Å². The van der Waals surface area contributed by atoms with Crippen LogP contribution in [0.25, 0.3) is 0 Å². The third-order valence-electron chi connectivity index (χ3n) is 9.01. The molecule has 0 saturated heterocycles. The number of carbonyl (C=O) groups is 3. The van der Waals surface area contributed by atoms with Crippen molar-refractivity contribution in [2.24, 2.45) is 28.6 Å². The Labute approximate surface area is 171 Å². The lowest BCUT2D eigenvalue weighted by molar-refractivity contribution is -0.191. The SMILES string of the molecule is CC(=O)O[C@]1(C(=O)CO)CC[C@H]2[C@@H]3C[C@@H](O)C4=CC(=O)CC[C@]4(C)[C@H]3CC[C@@]21C. The average molecular weight is 405 g/mol. The van der Waals surface area contributed by atoms with Gasteiger partial charge in [-0.15, -0.1) is 0 Å². The summed E-state index contributed by atoms with van der Waals surface area (Å²) in [5.41, 5.74) is -1.16. The van der Waals surface area contributed by atoms with Gasteiger partial charge in [-0.1, -0.05) is 13.8 Å². The number of rotatable bonds is 3. The first-order valence-corrected chi connectivity index (χ1v) is 10.9. The number of esters is 1. The van der Waals surface area contributed by atoms with Crippen LogP contribution in [0.4, 0.5) is 0 Å². The van der Waals surface area contributed by atoms with E-state index in [1.165, 1.54) is 6.92 Å². The van der Waals surface area contributed by atoms with Crippen molar-refractivity contribution >= 4 is 17.5 Å².